The van der Waals surface area contributed by atoms with Gasteiger partial charge < -0.3 is 9.84 Å². The maximum absolute atomic E-state index is 10.1. The van der Waals surface area contributed by atoms with E-state index in [0.29, 0.717) is 5.92 Å². The molecule has 0 aromatic rings. The molecule has 0 aromatic carbocycles. The zero-order valence-electron chi connectivity index (χ0n) is 18.6. The van der Waals surface area contributed by atoms with Crippen LogP contribution in [0.4, 0.5) is 0 Å². The molecule has 2 nitrogen and oxygen atoms in total. The number of aliphatic hydroxyl groups excluding tert-OH is 1. The van der Waals surface area contributed by atoms with Gasteiger partial charge in [0.25, 0.3) is 0 Å². The SMILES string of the molecule is CCCCCCCCCCCCCCCCCCOC(O)C1CCCCC1. The average Bonchev–Trinajstić information content (AvgIpc) is 2.70. The Labute approximate surface area is 170 Å². The van der Waals surface area contributed by atoms with Crippen molar-refractivity contribution < 1.29 is 9.84 Å². The molecule has 1 aliphatic carbocycles. The Kier molecular flexibility index (Phi) is 17.8. The molecule has 1 saturated carbocycles. The number of ether oxygens (including phenoxy) is 1. The fraction of sp³-hybridized carbons (Fsp3) is 1.00. The first kappa shape index (κ1) is 25.0. The van der Waals surface area contributed by atoms with Crippen molar-refractivity contribution in [2.75, 3.05) is 6.61 Å². The Bertz CT molecular complexity index is 286. The molecule has 0 amide bonds. The maximum atomic E-state index is 10.1. The molecule has 0 spiro atoms. The highest BCUT2D eigenvalue weighted by Crippen LogP contribution is 2.27. The number of hydrogen-bond acceptors (Lipinski definition) is 2. The summed E-state index contributed by atoms with van der Waals surface area (Å²) in [4.78, 5) is 0. The van der Waals surface area contributed by atoms with Crippen molar-refractivity contribution in [3.8, 4) is 0 Å². The number of hydrogen-bond donors (Lipinski definition) is 1. The highest BCUT2D eigenvalue weighted by molar-refractivity contribution is 4.67. The highest BCUT2D eigenvalue weighted by Gasteiger charge is 2.21. The molecule has 162 valence electrons. The van der Waals surface area contributed by atoms with Gasteiger partial charge in [-0.25, -0.2) is 0 Å². The van der Waals surface area contributed by atoms with Crippen LogP contribution in [0.25, 0.3) is 0 Å². The standard InChI is InChI=1S/C25H50O2/c1-2-3-4-5-6-7-8-9-10-11-12-13-14-15-16-20-23-27-25(26)24-21-18-17-19-22-24/h24-26H,2-23H2,1H3. The summed E-state index contributed by atoms with van der Waals surface area (Å²) in [5.74, 6) is 0.403. The first-order valence-corrected chi connectivity index (χ1v) is 12.6. The summed E-state index contributed by atoms with van der Waals surface area (Å²) in [5, 5.41) is 10.1. The fourth-order valence-electron chi connectivity index (χ4n) is 4.41. The van der Waals surface area contributed by atoms with Crippen LogP contribution in [0.2, 0.25) is 0 Å². The third-order valence-electron chi connectivity index (χ3n) is 6.34. The van der Waals surface area contributed by atoms with Crippen LogP contribution < -0.4 is 0 Å². The average molecular weight is 383 g/mol. The molecule has 1 aliphatic rings. The second-order valence-corrected chi connectivity index (χ2v) is 8.96. The summed E-state index contributed by atoms with van der Waals surface area (Å²) < 4.78 is 5.66. The first-order chi connectivity index (χ1) is 13.3. The molecule has 1 atom stereocenters. The smallest absolute Gasteiger partial charge is 0.157 e. The summed E-state index contributed by atoms with van der Waals surface area (Å²) in [6.45, 7) is 3.04. The van der Waals surface area contributed by atoms with Crippen LogP contribution in [-0.4, -0.2) is 18.0 Å². The molecule has 1 fully saturated rings. The van der Waals surface area contributed by atoms with E-state index in [9.17, 15) is 5.11 Å². The van der Waals surface area contributed by atoms with Gasteiger partial charge in [0, 0.05) is 12.5 Å². The lowest BCUT2D eigenvalue weighted by atomic mass is 9.89. The molecule has 0 saturated heterocycles. The Hall–Kier alpha value is -0.0800. The van der Waals surface area contributed by atoms with E-state index in [1.54, 1.807) is 0 Å². The maximum Gasteiger partial charge on any atom is 0.157 e. The predicted molar refractivity (Wildman–Crippen MR) is 118 cm³/mol. The van der Waals surface area contributed by atoms with Gasteiger partial charge in [-0.05, 0) is 19.3 Å². The van der Waals surface area contributed by atoms with Crippen molar-refractivity contribution in [1.82, 2.24) is 0 Å². The van der Waals surface area contributed by atoms with E-state index in [0.717, 1.165) is 25.9 Å². The first-order valence-electron chi connectivity index (χ1n) is 12.6. The summed E-state index contributed by atoms with van der Waals surface area (Å²) in [6.07, 6.45) is 28.0. The highest BCUT2D eigenvalue weighted by atomic mass is 16.6. The minimum absolute atomic E-state index is 0.403. The van der Waals surface area contributed by atoms with Gasteiger partial charge in [-0.2, -0.15) is 0 Å². The molecule has 0 aromatic heterocycles. The van der Waals surface area contributed by atoms with Crippen molar-refractivity contribution in [3.63, 3.8) is 0 Å². The largest absolute Gasteiger partial charge is 0.368 e. The Morgan fingerprint density at radius 1 is 0.630 bits per heavy atom. The quantitative estimate of drug-likeness (QED) is 0.180. The second kappa shape index (κ2) is 19.2. The lowest BCUT2D eigenvalue weighted by Gasteiger charge is -2.26. The zero-order chi connectivity index (χ0) is 19.4. The van der Waals surface area contributed by atoms with Gasteiger partial charge in [-0.3, -0.25) is 0 Å². The van der Waals surface area contributed by atoms with Crippen LogP contribution in [-0.2, 0) is 4.74 Å². The topological polar surface area (TPSA) is 29.5 Å². The molecule has 1 unspecified atom stereocenters. The van der Waals surface area contributed by atoms with Crippen LogP contribution in [0.5, 0.6) is 0 Å². The van der Waals surface area contributed by atoms with E-state index in [-0.39, 0.29) is 0 Å². The Morgan fingerprint density at radius 3 is 1.48 bits per heavy atom. The molecule has 1 N–H and O–H groups in total. The molecule has 0 radical (unpaired) electrons. The molecule has 2 heteroatoms. The van der Waals surface area contributed by atoms with Crippen LogP contribution in [0.15, 0.2) is 0 Å². The molecular weight excluding hydrogens is 332 g/mol. The van der Waals surface area contributed by atoms with E-state index >= 15 is 0 Å². The van der Waals surface area contributed by atoms with Crippen LogP contribution in [0, 0.1) is 5.92 Å². The van der Waals surface area contributed by atoms with Gasteiger partial charge >= 0.3 is 0 Å². The molecule has 0 bridgehead atoms. The fourth-order valence-corrected chi connectivity index (χ4v) is 4.41. The zero-order valence-corrected chi connectivity index (χ0v) is 18.6. The predicted octanol–water partition coefficient (Wildman–Crippen LogP) is 8.16. The molecule has 0 heterocycles. The van der Waals surface area contributed by atoms with Gasteiger partial charge in [-0.15, -0.1) is 0 Å². The lowest BCUT2D eigenvalue weighted by Crippen LogP contribution is -2.26. The number of aliphatic hydroxyl groups is 1. The van der Waals surface area contributed by atoms with Gasteiger partial charge in [0.05, 0.1) is 0 Å². The Balaban J connectivity index is 1.71. The summed E-state index contributed by atoms with van der Waals surface area (Å²) >= 11 is 0. The van der Waals surface area contributed by atoms with Gasteiger partial charge in [-0.1, -0.05) is 122 Å². The summed E-state index contributed by atoms with van der Waals surface area (Å²) in [5.41, 5.74) is 0. The van der Waals surface area contributed by atoms with E-state index < -0.39 is 6.29 Å². The normalized spacial score (nSPS) is 16.7. The third-order valence-corrected chi connectivity index (χ3v) is 6.34. The van der Waals surface area contributed by atoms with Gasteiger partial charge in [0.15, 0.2) is 6.29 Å². The van der Waals surface area contributed by atoms with E-state index in [2.05, 4.69) is 6.92 Å². The van der Waals surface area contributed by atoms with Crippen molar-refractivity contribution in [2.24, 2.45) is 5.92 Å². The van der Waals surface area contributed by atoms with Crippen molar-refractivity contribution in [1.29, 1.82) is 0 Å². The monoisotopic (exact) mass is 382 g/mol. The summed E-state index contributed by atoms with van der Waals surface area (Å²) in [6, 6.07) is 0. The molecular formula is C25H50O2. The lowest BCUT2D eigenvalue weighted by molar-refractivity contribution is -0.141. The Morgan fingerprint density at radius 2 is 1.04 bits per heavy atom. The third kappa shape index (κ3) is 15.5. The van der Waals surface area contributed by atoms with Crippen LogP contribution in [0.1, 0.15) is 142 Å². The van der Waals surface area contributed by atoms with E-state index in [4.69, 9.17) is 4.74 Å². The molecule has 1 rings (SSSR count). The minimum atomic E-state index is -0.498. The molecule has 0 aliphatic heterocycles. The number of unbranched alkanes of at least 4 members (excludes halogenated alkanes) is 15. The van der Waals surface area contributed by atoms with Crippen molar-refractivity contribution in [2.45, 2.75) is 148 Å². The van der Waals surface area contributed by atoms with Crippen LogP contribution in [0.3, 0.4) is 0 Å². The van der Waals surface area contributed by atoms with Crippen molar-refractivity contribution in [3.05, 3.63) is 0 Å². The number of rotatable bonds is 19. The van der Waals surface area contributed by atoms with Gasteiger partial charge in [0.2, 0.25) is 0 Å². The summed E-state index contributed by atoms with van der Waals surface area (Å²) in [7, 11) is 0. The van der Waals surface area contributed by atoms with E-state index in [1.165, 1.54) is 116 Å². The van der Waals surface area contributed by atoms with Gasteiger partial charge in [0.1, 0.15) is 0 Å². The van der Waals surface area contributed by atoms with Crippen LogP contribution >= 0.6 is 0 Å². The molecule has 27 heavy (non-hydrogen) atoms. The van der Waals surface area contributed by atoms with E-state index in [1.807, 2.05) is 0 Å². The van der Waals surface area contributed by atoms with Crippen molar-refractivity contribution >= 4 is 0 Å². The second-order valence-electron chi connectivity index (χ2n) is 8.96. The minimum Gasteiger partial charge on any atom is -0.368 e.